The van der Waals surface area contributed by atoms with Crippen LogP contribution in [-0.2, 0) is 6.54 Å². The summed E-state index contributed by atoms with van der Waals surface area (Å²) in [7, 11) is 0. The maximum absolute atomic E-state index is 12.6. The second kappa shape index (κ2) is 8.32. The van der Waals surface area contributed by atoms with Gasteiger partial charge in [0.15, 0.2) is 0 Å². The molecule has 0 aliphatic carbocycles. The molecular formula is C21H22N4O4. The summed E-state index contributed by atoms with van der Waals surface area (Å²) in [5.74, 6) is -0.0161. The molecule has 1 fully saturated rings. The van der Waals surface area contributed by atoms with Crippen molar-refractivity contribution in [3.05, 3.63) is 92.6 Å². The number of carbonyl (C=O) groups excluding carboxylic acids is 1. The van der Waals surface area contributed by atoms with E-state index in [-0.39, 0.29) is 17.9 Å². The highest BCUT2D eigenvalue weighted by molar-refractivity contribution is 5.94. The van der Waals surface area contributed by atoms with E-state index in [1.54, 1.807) is 6.07 Å². The van der Waals surface area contributed by atoms with Crippen LogP contribution in [0, 0.1) is 0 Å². The SMILES string of the molecule is O=C(N[C@@H]1CN(Cc2cc(=O)[nH]c(=O)[nH]2)CC[C@H]1c1ccccc1)c1ccoc1. The average Bonchev–Trinajstić information content (AvgIpc) is 3.23. The number of aromatic nitrogens is 2. The van der Waals surface area contributed by atoms with Crippen molar-refractivity contribution in [1.29, 1.82) is 0 Å². The van der Waals surface area contributed by atoms with Crippen LogP contribution in [0.2, 0.25) is 0 Å². The molecule has 1 aliphatic rings. The molecule has 2 atom stereocenters. The van der Waals surface area contributed by atoms with Crippen LogP contribution in [0.25, 0.3) is 0 Å². The lowest BCUT2D eigenvalue weighted by atomic mass is 9.85. The van der Waals surface area contributed by atoms with Gasteiger partial charge in [0.25, 0.3) is 11.5 Å². The Bertz CT molecular complexity index is 1040. The van der Waals surface area contributed by atoms with E-state index < -0.39 is 11.2 Å². The number of carbonyl (C=O) groups is 1. The van der Waals surface area contributed by atoms with Gasteiger partial charge in [-0.05, 0) is 24.6 Å². The minimum absolute atomic E-state index is 0.123. The van der Waals surface area contributed by atoms with Crippen molar-refractivity contribution in [3.63, 3.8) is 0 Å². The summed E-state index contributed by atoms with van der Waals surface area (Å²) in [5, 5.41) is 3.13. The average molecular weight is 394 g/mol. The molecule has 3 aromatic rings. The molecular weight excluding hydrogens is 372 g/mol. The number of likely N-dealkylation sites (tertiary alicyclic amines) is 1. The quantitative estimate of drug-likeness (QED) is 0.606. The van der Waals surface area contributed by atoms with Gasteiger partial charge in [-0.15, -0.1) is 0 Å². The minimum atomic E-state index is -0.517. The van der Waals surface area contributed by atoms with E-state index in [0.29, 0.717) is 24.3 Å². The van der Waals surface area contributed by atoms with Crippen molar-refractivity contribution < 1.29 is 9.21 Å². The first kappa shape index (κ1) is 18.9. The van der Waals surface area contributed by atoms with Crippen LogP contribution in [0.5, 0.6) is 0 Å². The standard InChI is InChI=1S/C21H22N4O4/c26-19-10-16(22-21(28)24-19)11-25-8-6-17(14-4-2-1-3-5-14)18(12-25)23-20(27)15-7-9-29-13-15/h1-5,7,9-10,13,17-18H,6,8,11-12H2,(H,23,27)(H2,22,24,26,28)/t17-,18+/m0/s1. The Hall–Kier alpha value is -3.39. The van der Waals surface area contributed by atoms with Crippen molar-refractivity contribution in [3.8, 4) is 0 Å². The maximum atomic E-state index is 12.6. The Balaban J connectivity index is 1.54. The molecule has 1 amide bonds. The fourth-order valence-electron chi connectivity index (χ4n) is 3.90. The van der Waals surface area contributed by atoms with Crippen LogP contribution < -0.4 is 16.6 Å². The second-order valence-electron chi connectivity index (χ2n) is 7.25. The number of piperidine rings is 1. The Kier molecular flexibility index (Phi) is 5.44. The molecule has 150 valence electrons. The molecule has 0 bridgehead atoms. The first-order chi connectivity index (χ1) is 14.1. The van der Waals surface area contributed by atoms with Crippen molar-refractivity contribution in [2.45, 2.75) is 24.9 Å². The Morgan fingerprint density at radius 3 is 2.72 bits per heavy atom. The van der Waals surface area contributed by atoms with Gasteiger partial charge in [0.05, 0.1) is 11.8 Å². The summed E-state index contributed by atoms with van der Waals surface area (Å²) in [4.78, 5) is 42.7. The molecule has 0 saturated carbocycles. The van der Waals surface area contributed by atoms with E-state index in [4.69, 9.17) is 4.42 Å². The van der Waals surface area contributed by atoms with Crippen LogP contribution in [0.4, 0.5) is 0 Å². The monoisotopic (exact) mass is 394 g/mol. The maximum Gasteiger partial charge on any atom is 0.325 e. The van der Waals surface area contributed by atoms with Gasteiger partial charge in [0, 0.05) is 36.8 Å². The van der Waals surface area contributed by atoms with Crippen molar-refractivity contribution in [2.75, 3.05) is 13.1 Å². The van der Waals surface area contributed by atoms with Gasteiger partial charge in [0.1, 0.15) is 6.26 Å². The third-order valence-electron chi connectivity index (χ3n) is 5.23. The zero-order valence-electron chi connectivity index (χ0n) is 15.8. The molecule has 0 radical (unpaired) electrons. The van der Waals surface area contributed by atoms with Gasteiger partial charge in [0.2, 0.25) is 0 Å². The van der Waals surface area contributed by atoms with Crippen molar-refractivity contribution in [1.82, 2.24) is 20.2 Å². The third kappa shape index (κ3) is 4.55. The van der Waals surface area contributed by atoms with Gasteiger partial charge in [-0.1, -0.05) is 30.3 Å². The van der Waals surface area contributed by atoms with E-state index >= 15 is 0 Å². The van der Waals surface area contributed by atoms with E-state index in [1.165, 1.54) is 24.2 Å². The lowest BCUT2D eigenvalue weighted by molar-refractivity contribution is 0.0882. The van der Waals surface area contributed by atoms with Gasteiger partial charge in [-0.25, -0.2) is 4.79 Å². The molecule has 8 nitrogen and oxygen atoms in total. The van der Waals surface area contributed by atoms with Gasteiger partial charge in [-0.3, -0.25) is 19.5 Å². The highest BCUT2D eigenvalue weighted by Gasteiger charge is 2.32. The van der Waals surface area contributed by atoms with Crippen LogP contribution in [0.15, 0.2) is 69.0 Å². The van der Waals surface area contributed by atoms with Gasteiger partial charge in [-0.2, -0.15) is 0 Å². The number of benzene rings is 1. The molecule has 2 aromatic heterocycles. The third-order valence-corrected chi connectivity index (χ3v) is 5.23. The van der Waals surface area contributed by atoms with E-state index in [1.807, 2.05) is 18.2 Å². The molecule has 3 N–H and O–H groups in total. The number of hydrogen-bond donors (Lipinski definition) is 3. The van der Waals surface area contributed by atoms with Gasteiger partial charge >= 0.3 is 5.69 Å². The minimum Gasteiger partial charge on any atom is -0.472 e. The number of nitrogens with zero attached hydrogens (tertiary/aromatic N) is 1. The van der Waals surface area contributed by atoms with Crippen LogP contribution in [0.1, 0.15) is 34.0 Å². The van der Waals surface area contributed by atoms with E-state index in [0.717, 1.165) is 13.0 Å². The van der Waals surface area contributed by atoms with E-state index in [2.05, 4.69) is 32.3 Å². The topological polar surface area (TPSA) is 111 Å². The van der Waals surface area contributed by atoms with Gasteiger partial charge < -0.3 is 14.7 Å². The fourth-order valence-corrected chi connectivity index (χ4v) is 3.90. The Morgan fingerprint density at radius 2 is 2.00 bits per heavy atom. The largest absolute Gasteiger partial charge is 0.472 e. The first-order valence-electron chi connectivity index (χ1n) is 9.51. The molecule has 0 unspecified atom stereocenters. The highest BCUT2D eigenvalue weighted by Crippen LogP contribution is 2.29. The first-order valence-corrected chi connectivity index (χ1v) is 9.51. The van der Waals surface area contributed by atoms with Crippen molar-refractivity contribution >= 4 is 5.91 Å². The number of hydrogen-bond acceptors (Lipinski definition) is 5. The molecule has 0 spiro atoms. The molecule has 1 aromatic carbocycles. The summed E-state index contributed by atoms with van der Waals surface area (Å²) in [6.45, 7) is 1.81. The number of rotatable bonds is 5. The van der Waals surface area contributed by atoms with Crippen LogP contribution in [0.3, 0.4) is 0 Å². The number of H-pyrrole nitrogens is 2. The number of aromatic amines is 2. The lowest BCUT2D eigenvalue weighted by Gasteiger charge is -2.39. The zero-order chi connectivity index (χ0) is 20.2. The molecule has 8 heteroatoms. The molecule has 1 aliphatic heterocycles. The highest BCUT2D eigenvalue weighted by atomic mass is 16.3. The van der Waals surface area contributed by atoms with Crippen molar-refractivity contribution in [2.24, 2.45) is 0 Å². The molecule has 3 heterocycles. The number of amides is 1. The van der Waals surface area contributed by atoms with E-state index in [9.17, 15) is 14.4 Å². The molecule has 1 saturated heterocycles. The number of nitrogens with one attached hydrogen (secondary N) is 3. The summed E-state index contributed by atoms with van der Waals surface area (Å²) in [6.07, 6.45) is 3.74. The lowest BCUT2D eigenvalue weighted by Crippen LogP contribution is -2.51. The summed E-state index contributed by atoms with van der Waals surface area (Å²) in [5.41, 5.74) is 1.27. The second-order valence-corrected chi connectivity index (χ2v) is 7.25. The molecule has 29 heavy (non-hydrogen) atoms. The summed E-state index contributed by atoms with van der Waals surface area (Å²) < 4.78 is 5.02. The van der Waals surface area contributed by atoms with Crippen LogP contribution in [-0.4, -0.2) is 39.9 Å². The predicted octanol–water partition coefficient (Wildman–Crippen LogP) is 1.44. The normalized spacial score (nSPS) is 19.7. The zero-order valence-corrected chi connectivity index (χ0v) is 15.8. The Morgan fingerprint density at radius 1 is 1.17 bits per heavy atom. The molecule has 4 rings (SSSR count). The fraction of sp³-hybridized carbons (Fsp3) is 0.286. The van der Waals surface area contributed by atoms with Crippen LogP contribution >= 0.6 is 0 Å². The predicted molar refractivity (Wildman–Crippen MR) is 107 cm³/mol. The Labute approximate surface area is 166 Å². The summed E-state index contributed by atoms with van der Waals surface area (Å²) in [6, 6.07) is 13.0. The number of furan rings is 1. The summed E-state index contributed by atoms with van der Waals surface area (Å²) >= 11 is 0. The smallest absolute Gasteiger partial charge is 0.325 e.